The molecule has 1 heterocycles. The fourth-order valence-corrected chi connectivity index (χ4v) is 0.854. The van der Waals surface area contributed by atoms with Crippen LogP contribution in [0.15, 0.2) is 4.52 Å². The Hall–Kier alpha value is -1.47. The molecule has 7 nitrogen and oxygen atoms in total. The number of hydrogen-bond acceptors (Lipinski definition) is 6. The van der Waals surface area contributed by atoms with Gasteiger partial charge in [0.05, 0.1) is 6.04 Å². The van der Waals surface area contributed by atoms with E-state index in [1.165, 1.54) is 0 Å². The summed E-state index contributed by atoms with van der Waals surface area (Å²) in [5.41, 5.74) is 10.6. The van der Waals surface area contributed by atoms with Crippen LogP contribution in [-0.4, -0.2) is 29.8 Å². The standard InChI is InChI=1S/C7H12N4O3/c1-13-3-2-4(8)7-10-6(5(9)12)11-14-7/h4H,2-3,8H2,1H3,(H2,9,12). The second-order valence-corrected chi connectivity index (χ2v) is 2.71. The highest BCUT2D eigenvalue weighted by molar-refractivity contribution is 5.88. The highest BCUT2D eigenvalue weighted by atomic mass is 16.5. The lowest BCUT2D eigenvalue weighted by atomic mass is 10.2. The van der Waals surface area contributed by atoms with E-state index >= 15 is 0 Å². The predicted molar refractivity (Wildman–Crippen MR) is 46.2 cm³/mol. The largest absolute Gasteiger partial charge is 0.385 e. The molecule has 0 bridgehead atoms. The molecule has 1 amide bonds. The molecule has 1 atom stereocenters. The highest BCUT2D eigenvalue weighted by Crippen LogP contribution is 2.10. The lowest BCUT2D eigenvalue weighted by Gasteiger charge is -2.03. The summed E-state index contributed by atoms with van der Waals surface area (Å²) in [6, 6.07) is -0.435. The van der Waals surface area contributed by atoms with Crippen LogP contribution < -0.4 is 11.5 Å². The number of carbonyl (C=O) groups is 1. The van der Waals surface area contributed by atoms with E-state index in [2.05, 4.69) is 10.1 Å². The maximum atomic E-state index is 10.6. The van der Waals surface area contributed by atoms with E-state index in [9.17, 15) is 4.79 Å². The van der Waals surface area contributed by atoms with Gasteiger partial charge in [-0.3, -0.25) is 4.79 Å². The summed E-state index contributed by atoms with van der Waals surface area (Å²) in [4.78, 5) is 14.4. The Morgan fingerprint density at radius 2 is 2.43 bits per heavy atom. The van der Waals surface area contributed by atoms with Crippen LogP contribution in [0.4, 0.5) is 0 Å². The van der Waals surface area contributed by atoms with Crippen LogP contribution in [0.3, 0.4) is 0 Å². The number of nitrogens with two attached hydrogens (primary N) is 2. The van der Waals surface area contributed by atoms with Gasteiger partial charge in [-0.1, -0.05) is 5.16 Å². The third-order valence-corrected chi connectivity index (χ3v) is 1.61. The fourth-order valence-electron chi connectivity index (χ4n) is 0.854. The maximum absolute atomic E-state index is 10.6. The summed E-state index contributed by atoms with van der Waals surface area (Å²) in [6.45, 7) is 0.482. The van der Waals surface area contributed by atoms with Gasteiger partial charge >= 0.3 is 0 Å². The number of hydrogen-bond donors (Lipinski definition) is 2. The van der Waals surface area contributed by atoms with Crippen molar-refractivity contribution in [2.45, 2.75) is 12.5 Å². The minimum atomic E-state index is -0.737. The second-order valence-electron chi connectivity index (χ2n) is 2.71. The van der Waals surface area contributed by atoms with E-state index in [1.54, 1.807) is 7.11 Å². The first kappa shape index (κ1) is 10.6. The summed E-state index contributed by atoms with van der Waals surface area (Å²) in [5.74, 6) is -0.706. The smallest absolute Gasteiger partial charge is 0.290 e. The molecule has 0 saturated heterocycles. The van der Waals surface area contributed by atoms with Crippen LogP contribution in [0.2, 0.25) is 0 Å². The molecule has 0 aromatic carbocycles. The molecule has 0 fully saturated rings. The molecule has 78 valence electrons. The quantitative estimate of drug-likeness (QED) is 0.642. The Labute approximate surface area is 80.4 Å². The van der Waals surface area contributed by atoms with E-state index in [4.69, 9.17) is 20.7 Å². The van der Waals surface area contributed by atoms with Crippen molar-refractivity contribution in [3.05, 3.63) is 11.7 Å². The molecular formula is C7H12N4O3. The van der Waals surface area contributed by atoms with Gasteiger partial charge < -0.3 is 20.7 Å². The number of primary amides is 1. The van der Waals surface area contributed by atoms with Gasteiger partial charge in [0.15, 0.2) is 0 Å². The first-order valence-electron chi connectivity index (χ1n) is 4.03. The van der Waals surface area contributed by atoms with E-state index in [1.807, 2.05) is 0 Å². The number of ether oxygens (including phenoxy) is 1. The van der Waals surface area contributed by atoms with Crippen LogP contribution in [0, 0.1) is 0 Å². The molecule has 0 spiro atoms. The molecule has 0 aliphatic heterocycles. The van der Waals surface area contributed by atoms with E-state index in [-0.39, 0.29) is 11.7 Å². The van der Waals surface area contributed by atoms with Crippen molar-refractivity contribution in [3.63, 3.8) is 0 Å². The summed E-state index contributed by atoms with van der Waals surface area (Å²) in [6.07, 6.45) is 0.539. The molecule has 7 heteroatoms. The van der Waals surface area contributed by atoms with E-state index < -0.39 is 11.9 Å². The van der Waals surface area contributed by atoms with Crippen LogP contribution in [0.5, 0.6) is 0 Å². The third kappa shape index (κ3) is 2.51. The number of carbonyl (C=O) groups excluding carboxylic acids is 1. The molecule has 0 aliphatic rings. The van der Waals surface area contributed by atoms with Crippen molar-refractivity contribution in [1.82, 2.24) is 10.1 Å². The highest BCUT2D eigenvalue weighted by Gasteiger charge is 2.16. The monoisotopic (exact) mass is 200 g/mol. The molecule has 1 aromatic rings. The van der Waals surface area contributed by atoms with Crippen molar-refractivity contribution < 1.29 is 14.1 Å². The normalized spacial score (nSPS) is 12.7. The van der Waals surface area contributed by atoms with Crippen LogP contribution in [-0.2, 0) is 4.74 Å². The molecule has 0 radical (unpaired) electrons. The van der Waals surface area contributed by atoms with Gasteiger partial charge in [-0.05, 0) is 6.42 Å². The molecule has 14 heavy (non-hydrogen) atoms. The molecule has 1 rings (SSSR count). The first-order valence-corrected chi connectivity index (χ1v) is 4.03. The summed E-state index contributed by atoms with van der Waals surface area (Å²) < 4.78 is 9.57. The minimum absolute atomic E-state index is 0.159. The SMILES string of the molecule is COCCC(N)c1nc(C(N)=O)no1. The zero-order valence-electron chi connectivity index (χ0n) is 7.77. The van der Waals surface area contributed by atoms with Crippen LogP contribution >= 0.6 is 0 Å². The van der Waals surface area contributed by atoms with Crippen molar-refractivity contribution in [3.8, 4) is 0 Å². The Balaban J connectivity index is 2.61. The topological polar surface area (TPSA) is 117 Å². The number of nitrogens with zero attached hydrogens (tertiary/aromatic N) is 2. The number of rotatable bonds is 5. The number of amides is 1. The van der Waals surface area contributed by atoms with Gasteiger partial charge in [-0.15, -0.1) is 0 Å². The van der Waals surface area contributed by atoms with Gasteiger partial charge in [-0.2, -0.15) is 4.98 Å². The maximum Gasteiger partial charge on any atom is 0.290 e. The second kappa shape index (κ2) is 4.68. The molecule has 0 saturated carbocycles. The Bertz CT molecular complexity index is 312. The number of methoxy groups -OCH3 is 1. The first-order chi connectivity index (χ1) is 6.65. The average molecular weight is 200 g/mol. The van der Waals surface area contributed by atoms with E-state index in [0.717, 1.165) is 0 Å². The van der Waals surface area contributed by atoms with Crippen LogP contribution in [0.25, 0.3) is 0 Å². The molecular weight excluding hydrogens is 188 g/mol. The fraction of sp³-hybridized carbons (Fsp3) is 0.571. The third-order valence-electron chi connectivity index (χ3n) is 1.61. The Morgan fingerprint density at radius 3 is 2.93 bits per heavy atom. The number of aromatic nitrogens is 2. The van der Waals surface area contributed by atoms with Crippen molar-refractivity contribution in [1.29, 1.82) is 0 Å². The zero-order chi connectivity index (χ0) is 10.6. The van der Waals surface area contributed by atoms with E-state index in [0.29, 0.717) is 13.0 Å². The molecule has 0 aliphatic carbocycles. The van der Waals surface area contributed by atoms with Gasteiger partial charge in [0.1, 0.15) is 0 Å². The van der Waals surface area contributed by atoms with Gasteiger partial charge in [-0.25, -0.2) is 0 Å². The van der Waals surface area contributed by atoms with Crippen LogP contribution in [0.1, 0.15) is 29.0 Å². The lowest BCUT2D eigenvalue weighted by molar-refractivity contribution is 0.0987. The zero-order valence-corrected chi connectivity index (χ0v) is 7.77. The summed E-state index contributed by atoms with van der Waals surface area (Å²) in [5, 5.41) is 3.36. The summed E-state index contributed by atoms with van der Waals surface area (Å²) in [7, 11) is 1.56. The van der Waals surface area contributed by atoms with Gasteiger partial charge in [0, 0.05) is 13.7 Å². The van der Waals surface area contributed by atoms with Crippen molar-refractivity contribution in [2.75, 3.05) is 13.7 Å². The predicted octanol–water partition coefficient (Wildman–Crippen LogP) is -0.795. The molecule has 1 unspecified atom stereocenters. The van der Waals surface area contributed by atoms with Crippen molar-refractivity contribution >= 4 is 5.91 Å². The Kier molecular flexibility index (Phi) is 3.55. The molecule has 1 aromatic heterocycles. The van der Waals surface area contributed by atoms with Crippen molar-refractivity contribution in [2.24, 2.45) is 11.5 Å². The van der Waals surface area contributed by atoms with Gasteiger partial charge in [0.2, 0.25) is 5.89 Å². The lowest BCUT2D eigenvalue weighted by Crippen LogP contribution is -2.15. The minimum Gasteiger partial charge on any atom is -0.385 e. The average Bonchev–Trinajstić information content (AvgIpc) is 2.62. The van der Waals surface area contributed by atoms with Gasteiger partial charge in [0.25, 0.3) is 11.7 Å². The molecule has 4 N–H and O–H groups in total. The Morgan fingerprint density at radius 1 is 1.71 bits per heavy atom. The summed E-state index contributed by atoms with van der Waals surface area (Å²) >= 11 is 0.